The van der Waals surface area contributed by atoms with Crippen LogP contribution in [0.25, 0.3) is 0 Å². The normalized spacial score (nSPS) is 14.9. The van der Waals surface area contributed by atoms with E-state index in [0.717, 1.165) is 41.9 Å². The molecule has 0 heterocycles. The summed E-state index contributed by atoms with van der Waals surface area (Å²) in [6.45, 7) is 21.1. The van der Waals surface area contributed by atoms with Crippen LogP contribution in [0.5, 0.6) is 0 Å². The van der Waals surface area contributed by atoms with Gasteiger partial charge in [0, 0.05) is 6.92 Å². The molecule has 0 aromatic rings. The summed E-state index contributed by atoms with van der Waals surface area (Å²) < 4.78 is 5.24. The van der Waals surface area contributed by atoms with Gasteiger partial charge in [0.1, 0.15) is 6.61 Å². The van der Waals surface area contributed by atoms with Gasteiger partial charge in [-0.2, -0.15) is 0 Å². The van der Waals surface area contributed by atoms with Crippen molar-refractivity contribution in [3.8, 4) is 0 Å². The highest BCUT2D eigenvalue weighted by atomic mass is 16.5. The molecule has 0 spiro atoms. The Kier molecular flexibility index (Phi) is 23.7. The van der Waals surface area contributed by atoms with Crippen molar-refractivity contribution in [3.05, 3.63) is 142 Å². The predicted molar refractivity (Wildman–Crippen MR) is 197 cm³/mol. The molecule has 2 nitrogen and oxygen atoms in total. The van der Waals surface area contributed by atoms with Crippen molar-refractivity contribution in [3.63, 3.8) is 0 Å². The molecule has 0 aromatic heterocycles. The van der Waals surface area contributed by atoms with Crippen LogP contribution in [0.3, 0.4) is 0 Å². The minimum Gasteiger partial charge on any atom is -0.461 e. The van der Waals surface area contributed by atoms with Gasteiger partial charge in [0.05, 0.1) is 0 Å². The Labute approximate surface area is 271 Å². The van der Waals surface area contributed by atoms with Crippen LogP contribution in [0, 0.1) is 5.92 Å². The molecule has 0 bridgehead atoms. The van der Waals surface area contributed by atoms with Gasteiger partial charge >= 0.3 is 5.97 Å². The number of esters is 1. The van der Waals surface area contributed by atoms with Crippen molar-refractivity contribution in [1.82, 2.24) is 0 Å². The van der Waals surface area contributed by atoms with Crippen LogP contribution < -0.4 is 0 Å². The molecule has 0 aliphatic heterocycles. The molecule has 0 aliphatic carbocycles. The maximum absolute atomic E-state index is 11.4. The third-order valence-corrected chi connectivity index (χ3v) is 6.53. The van der Waals surface area contributed by atoms with E-state index >= 15 is 0 Å². The highest BCUT2D eigenvalue weighted by Gasteiger charge is 1.96. The third-order valence-electron chi connectivity index (χ3n) is 6.53. The molecule has 0 rings (SSSR count). The number of carbonyl (C=O) groups excluding carboxylic acids is 1. The van der Waals surface area contributed by atoms with E-state index in [-0.39, 0.29) is 12.6 Å². The van der Waals surface area contributed by atoms with E-state index < -0.39 is 0 Å². The van der Waals surface area contributed by atoms with Gasteiger partial charge in [0.15, 0.2) is 0 Å². The quantitative estimate of drug-likeness (QED) is 0.0842. The van der Waals surface area contributed by atoms with Gasteiger partial charge in [0.25, 0.3) is 0 Å². The second-order valence-electron chi connectivity index (χ2n) is 12.2. The van der Waals surface area contributed by atoms with Gasteiger partial charge < -0.3 is 4.74 Å². The SMILES string of the molecule is CC(=O)OCC(=C\C=C\C=C(C)\C=C\C=C(C)\C=C\C=C(/C)CCC=C(C)C)/C=C/C=C(C)/C=C/C=C(\C)CCCC(C)C. The average Bonchev–Trinajstić information content (AvgIpc) is 2.93. The van der Waals surface area contributed by atoms with Gasteiger partial charge in [-0.05, 0) is 85.6 Å². The number of hydrogen-bond acceptors (Lipinski definition) is 2. The molecule has 0 aliphatic rings. The Balaban J connectivity index is 5.14. The third kappa shape index (κ3) is 27.2. The van der Waals surface area contributed by atoms with Crippen molar-refractivity contribution >= 4 is 5.97 Å². The van der Waals surface area contributed by atoms with E-state index in [2.05, 4.69) is 135 Å². The Morgan fingerprint density at radius 2 is 1.07 bits per heavy atom. The summed E-state index contributed by atoms with van der Waals surface area (Å²) in [7, 11) is 0. The number of rotatable bonds is 19. The Hall–Kier alpha value is -3.65. The van der Waals surface area contributed by atoms with Gasteiger partial charge in [0.2, 0.25) is 0 Å². The van der Waals surface area contributed by atoms with E-state index in [9.17, 15) is 4.79 Å². The van der Waals surface area contributed by atoms with Gasteiger partial charge in [-0.1, -0.05) is 157 Å². The average molecular weight is 597 g/mol. The smallest absolute Gasteiger partial charge is 0.302 e. The van der Waals surface area contributed by atoms with Gasteiger partial charge in [-0.15, -0.1) is 0 Å². The Morgan fingerprint density at radius 1 is 0.591 bits per heavy atom. The summed E-state index contributed by atoms with van der Waals surface area (Å²) >= 11 is 0. The van der Waals surface area contributed by atoms with Crippen LogP contribution >= 0.6 is 0 Å². The maximum atomic E-state index is 11.4. The molecule has 0 N–H and O–H groups in total. The minimum absolute atomic E-state index is 0.238. The molecular weight excluding hydrogens is 536 g/mol. The van der Waals surface area contributed by atoms with Crippen LogP contribution in [0.15, 0.2) is 142 Å². The molecule has 0 saturated carbocycles. The zero-order valence-corrected chi connectivity index (χ0v) is 29.5. The number of hydrogen-bond donors (Lipinski definition) is 0. The van der Waals surface area contributed by atoms with E-state index in [4.69, 9.17) is 4.74 Å². The van der Waals surface area contributed by atoms with E-state index in [0.29, 0.717) is 0 Å². The minimum atomic E-state index is -0.289. The van der Waals surface area contributed by atoms with Crippen LogP contribution in [-0.4, -0.2) is 12.6 Å². The lowest BCUT2D eigenvalue weighted by Crippen LogP contribution is -2.01. The summed E-state index contributed by atoms with van der Waals surface area (Å²) in [6, 6.07) is 0. The standard InChI is InChI=1S/C42H60O2/c1-34(2)19-13-22-37(6)25-16-28-39(8)27-15-24-36(5)21-11-12-31-42(33-44-41(10)43)32-18-30-40(9)29-17-26-38(7)23-14-20-35(3)4/h11-12,15-19,21,24-32,35H,13-14,20,22-23,33H2,1-10H3/b12-11+,24-15+,28-16+,29-17+,32-18+,36-21+,37-25+,38-26+,39-27+,40-30+,42-31-. The number of carbonyl (C=O) groups is 1. The fourth-order valence-electron chi connectivity index (χ4n) is 3.84. The highest BCUT2D eigenvalue weighted by molar-refractivity contribution is 5.66. The van der Waals surface area contributed by atoms with Crippen molar-refractivity contribution in [2.75, 3.05) is 6.61 Å². The molecule has 0 saturated heterocycles. The lowest BCUT2D eigenvalue weighted by atomic mass is 10.0. The summed E-state index contributed by atoms with van der Waals surface area (Å²) in [5, 5.41) is 0. The fraction of sp³-hybridized carbons (Fsp3) is 0.405. The largest absolute Gasteiger partial charge is 0.461 e. The fourth-order valence-corrected chi connectivity index (χ4v) is 3.84. The summed E-state index contributed by atoms with van der Waals surface area (Å²) in [5.41, 5.74) is 8.58. The first-order valence-electron chi connectivity index (χ1n) is 16.1. The van der Waals surface area contributed by atoms with Crippen LogP contribution in [0.1, 0.15) is 101 Å². The van der Waals surface area contributed by atoms with Crippen molar-refractivity contribution in [2.45, 2.75) is 101 Å². The molecule has 0 atom stereocenters. The monoisotopic (exact) mass is 596 g/mol. The number of allylic oxidation sites excluding steroid dienone is 22. The molecule has 0 unspecified atom stereocenters. The van der Waals surface area contributed by atoms with Crippen molar-refractivity contribution in [1.29, 1.82) is 0 Å². The summed E-state index contributed by atoms with van der Waals surface area (Å²) in [5.74, 6) is 0.474. The molecule has 44 heavy (non-hydrogen) atoms. The molecule has 0 radical (unpaired) electrons. The maximum Gasteiger partial charge on any atom is 0.302 e. The second-order valence-corrected chi connectivity index (χ2v) is 12.2. The molecule has 0 aromatic carbocycles. The van der Waals surface area contributed by atoms with Gasteiger partial charge in [-0.25, -0.2) is 0 Å². The summed E-state index contributed by atoms with van der Waals surface area (Å²) in [4.78, 5) is 11.4. The van der Waals surface area contributed by atoms with Crippen molar-refractivity contribution < 1.29 is 9.53 Å². The zero-order valence-electron chi connectivity index (χ0n) is 29.5. The Morgan fingerprint density at radius 3 is 1.59 bits per heavy atom. The predicted octanol–water partition coefficient (Wildman–Crippen LogP) is 12.6. The topological polar surface area (TPSA) is 26.3 Å². The van der Waals surface area contributed by atoms with E-state index in [1.165, 1.54) is 42.1 Å². The molecular formula is C42H60O2. The number of ether oxygens (including phenoxy) is 1. The molecule has 2 heteroatoms. The Bertz CT molecular complexity index is 1220. The lowest BCUT2D eigenvalue weighted by Gasteiger charge is -2.03. The van der Waals surface area contributed by atoms with Gasteiger partial charge in [-0.3, -0.25) is 4.79 Å². The van der Waals surface area contributed by atoms with Crippen LogP contribution in [0.2, 0.25) is 0 Å². The zero-order chi connectivity index (χ0) is 33.2. The van der Waals surface area contributed by atoms with Crippen molar-refractivity contribution in [2.24, 2.45) is 5.92 Å². The highest BCUT2D eigenvalue weighted by Crippen LogP contribution is 2.12. The summed E-state index contributed by atoms with van der Waals surface area (Å²) in [6.07, 6.45) is 41.4. The first-order chi connectivity index (χ1) is 20.9. The van der Waals surface area contributed by atoms with Crippen LogP contribution in [-0.2, 0) is 9.53 Å². The van der Waals surface area contributed by atoms with Crippen LogP contribution in [0.4, 0.5) is 0 Å². The van der Waals surface area contributed by atoms with E-state index in [1.807, 2.05) is 30.4 Å². The molecule has 0 amide bonds. The van der Waals surface area contributed by atoms with E-state index in [1.54, 1.807) is 0 Å². The first-order valence-corrected chi connectivity index (χ1v) is 16.1. The molecule has 240 valence electrons. The first kappa shape index (κ1) is 40.4. The second kappa shape index (κ2) is 25.8. The molecule has 0 fully saturated rings. The lowest BCUT2D eigenvalue weighted by molar-refractivity contribution is -0.139.